The number of β-amino-alcohol motifs (C(OH)–C–C–N with tert-alkyl or cyclic N) is 1. The van der Waals surface area contributed by atoms with Gasteiger partial charge in [-0.25, -0.2) is 0 Å². The van der Waals surface area contributed by atoms with Crippen molar-refractivity contribution in [3.8, 4) is 0 Å². The van der Waals surface area contributed by atoms with E-state index < -0.39 is 0 Å². The van der Waals surface area contributed by atoms with E-state index >= 15 is 0 Å². The molecule has 0 saturated carbocycles. The van der Waals surface area contributed by atoms with Crippen molar-refractivity contribution >= 4 is 5.91 Å². The molecule has 0 aromatic carbocycles. The van der Waals surface area contributed by atoms with Gasteiger partial charge in [0.25, 0.3) is 0 Å². The molecule has 0 spiro atoms. The Hall–Kier alpha value is -0.650. The monoisotopic (exact) mass is 257 g/mol. The van der Waals surface area contributed by atoms with E-state index in [1.807, 2.05) is 18.7 Å². The number of aliphatic hydroxyl groups is 1. The van der Waals surface area contributed by atoms with Crippen molar-refractivity contribution in [1.29, 1.82) is 0 Å². The predicted molar refractivity (Wildman–Crippen MR) is 72.1 cm³/mol. The Bertz CT molecular complexity index is 281. The third-order valence-electron chi connectivity index (χ3n) is 3.75. The number of piperazine rings is 1. The van der Waals surface area contributed by atoms with Gasteiger partial charge in [-0.2, -0.15) is 0 Å². The molecule has 18 heavy (non-hydrogen) atoms. The van der Waals surface area contributed by atoms with Crippen LogP contribution in [0.5, 0.6) is 0 Å². The summed E-state index contributed by atoms with van der Waals surface area (Å²) in [4.78, 5) is 16.3. The van der Waals surface area contributed by atoms with Crippen LogP contribution in [0.3, 0.4) is 0 Å². The molecule has 0 aromatic heterocycles. The van der Waals surface area contributed by atoms with E-state index in [0.717, 1.165) is 19.6 Å². The zero-order chi connectivity index (χ0) is 13.9. The molecule has 0 bridgehead atoms. The molecule has 4 atom stereocenters. The average molecular weight is 257 g/mol. The standard InChI is InChI=1S/C13H27N3O2/c1-9-7-16(13(18)11(3)12(4)14)6-5-15(9)8-10(2)17/h9-12,17H,5-8,14H2,1-4H3. The van der Waals surface area contributed by atoms with Gasteiger partial charge in [0.2, 0.25) is 5.91 Å². The predicted octanol–water partition coefficient (Wildman–Crippen LogP) is -0.117. The van der Waals surface area contributed by atoms with Crippen LogP contribution in [0.25, 0.3) is 0 Å². The lowest BCUT2D eigenvalue weighted by Crippen LogP contribution is -2.56. The number of hydrogen-bond donors (Lipinski definition) is 2. The van der Waals surface area contributed by atoms with Crippen molar-refractivity contribution in [1.82, 2.24) is 9.80 Å². The molecule has 1 rings (SSSR count). The number of nitrogens with zero attached hydrogens (tertiary/aromatic N) is 2. The van der Waals surface area contributed by atoms with E-state index in [2.05, 4.69) is 11.8 Å². The second kappa shape index (κ2) is 6.50. The molecule has 1 saturated heterocycles. The highest BCUT2D eigenvalue weighted by atomic mass is 16.3. The first kappa shape index (κ1) is 15.4. The molecular weight excluding hydrogens is 230 g/mol. The van der Waals surface area contributed by atoms with Gasteiger partial charge in [0.05, 0.1) is 12.0 Å². The number of rotatable bonds is 4. The van der Waals surface area contributed by atoms with Gasteiger partial charge >= 0.3 is 0 Å². The summed E-state index contributed by atoms with van der Waals surface area (Å²) in [5.41, 5.74) is 5.78. The van der Waals surface area contributed by atoms with Gasteiger partial charge < -0.3 is 15.7 Å². The van der Waals surface area contributed by atoms with E-state index in [4.69, 9.17) is 5.73 Å². The second-order valence-electron chi connectivity index (χ2n) is 5.63. The van der Waals surface area contributed by atoms with Gasteiger partial charge in [-0.05, 0) is 20.8 Å². The zero-order valence-corrected chi connectivity index (χ0v) is 12.0. The average Bonchev–Trinajstić information content (AvgIpc) is 2.29. The van der Waals surface area contributed by atoms with Crippen LogP contribution in [-0.2, 0) is 4.79 Å². The molecule has 4 unspecified atom stereocenters. The summed E-state index contributed by atoms with van der Waals surface area (Å²) in [6.45, 7) is 10.6. The van der Waals surface area contributed by atoms with E-state index in [-0.39, 0.29) is 30.0 Å². The Balaban J connectivity index is 2.52. The minimum atomic E-state index is -0.322. The van der Waals surface area contributed by atoms with Crippen LogP contribution in [0.1, 0.15) is 27.7 Å². The number of amides is 1. The molecule has 1 heterocycles. The van der Waals surface area contributed by atoms with Gasteiger partial charge in [0, 0.05) is 38.3 Å². The number of nitrogens with two attached hydrogens (primary N) is 1. The first-order valence-corrected chi connectivity index (χ1v) is 6.79. The fourth-order valence-corrected chi connectivity index (χ4v) is 2.32. The summed E-state index contributed by atoms with van der Waals surface area (Å²) >= 11 is 0. The van der Waals surface area contributed by atoms with Crippen LogP contribution in [0.15, 0.2) is 0 Å². The Morgan fingerprint density at radius 2 is 2.00 bits per heavy atom. The SMILES string of the molecule is CC(O)CN1CCN(C(=O)C(C)C(C)N)CC1C. The summed E-state index contributed by atoms with van der Waals surface area (Å²) in [7, 11) is 0. The molecule has 0 aromatic rings. The van der Waals surface area contributed by atoms with Gasteiger partial charge in [-0.1, -0.05) is 6.92 Å². The highest BCUT2D eigenvalue weighted by molar-refractivity contribution is 5.79. The van der Waals surface area contributed by atoms with E-state index in [0.29, 0.717) is 6.54 Å². The maximum atomic E-state index is 12.2. The molecule has 5 heteroatoms. The lowest BCUT2D eigenvalue weighted by molar-refractivity contribution is -0.138. The second-order valence-corrected chi connectivity index (χ2v) is 5.63. The third-order valence-corrected chi connectivity index (χ3v) is 3.75. The fourth-order valence-electron chi connectivity index (χ4n) is 2.32. The van der Waals surface area contributed by atoms with E-state index in [9.17, 15) is 9.90 Å². The molecule has 1 aliphatic rings. The molecule has 0 radical (unpaired) electrons. The summed E-state index contributed by atoms with van der Waals surface area (Å²) < 4.78 is 0. The van der Waals surface area contributed by atoms with Crippen LogP contribution in [0.4, 0.5) is 0 Å². The maximum absolute atomic E-state index is 12.2. The molecular formula is C13H27N3O2. The number of carbonyl (C=O) groups is 1. The zero-order valence-electron chi connectivity index (χ0n) is 12.0. The van der Waals surface area contributed by atoms with Crippen LogP contribution < -0.4 is 5.73 Å². The largest absolute Gasteiger partial charge is 0.392 e. The highest BCUT2D eigenvalue weighted by Crippen LogP contribution is 2.14. The minimum absolute atomic E-state index is 0.108. The van der Waals surface area contributed by atoms with Crippen LogP contribution in [-0.4, -0.2) is 65.2 Å². The van der Waals surface area contributed by atoms with Crippen molar-refractivity contribution in [2.24, 2.45) is 11.7 Å². The molecule has 3 N–H and O–H groups in total. The van der Waals surface area contributed by atoms with Gasteiger partial charge in [-0.3, -0.25) is 9.69 Å². The fraction of sp³-hybridized carbons (Fsp3) is 0.923. The minimum Gasteiger partial charge on any atom is -0.392 e. The molecule has 1 fully saturated rings. The van der Waals surface area contributed by atoms with Crippen molar-refractivity contribution in [2.45, 2.75) is 45.9 Å². The topological polar surface area (TPSA) is 69.8 Å². The maximum Gasteiger partial charge on any atom is 0.227 e. The van der Waals surface area contributed by atoms with Crippen molar-refractivity contribution in [3.63, 3.8) is 0 Å². The first-order chi connectivity index (χ1) is 8.32. The highest BCUT2D eigenvalue weighted by Gasteiger charge is 2.30. The van der Waals surface area contributed by atoms with Gasteiger partial charge in [0.15, 0.2) is 0 Å². The van der Waals surface area contributed by atoms with Crippen LogP contribution in [0, 0.1) is 5.92 Å². The summed E-state index contributed by atoms with van der Waals surface area (Å²) in [5, 5.41) is 9.42. The molecule has 5 nitrogen and oxygen atoms in total. The first-order valence-electron chi connectivity index (χ1n) is 6.79. The summed E-state index contributed by atoms with van der Waals surface area (Å²) in [6.07, 6.45) is -0.322. The smallest absolute Gasteiger partial charge is 0.227 e. The molecule has 106 valence electrons. The quantitative estimate of drug-likeness (QED) is 0.737. The summed E-state index contributed by atoms with van der Waals surface area (Å²) in [6, 6.07) is 0.181. The lowest BCUT2D eigenvalue weighted by atomic mass is 10.0. The summed E-state index contributed by atoms with van der Waals surface area (Å²) in [5.74, 6) is 0.0223. The van der Waals surface area contributed by atoms with E-state index in [1.54, 1.807) is 6.92 Å². The molecule has 1 aliphatic heterocycles. The van der Waals surface area contributed by atoms with Crippen molar-refractivity contribution < 1.29 is 9.90 Å². The molecule has 1 amide bonds. The lowest BCUT2D eigenvalue weighted by Gasteiger charge is -2.41. The Morgan fingerprint density at radius 1 is 1.39 bits per heavy atom. The number of hydrogen-bond acceptors (Lipinski definition) is 4. The van der Waals surface area contributed by atoms with Gasteiger partial charge in [-0.15, -0.1) is 0 Å². The number of carbonyl (C=O) groups excluding carboxylic acids is 1. The Labute approximate surface area is 110 Å². The van der Waals surface area contributed by atoms with E-state index in [1.165, 1.54) is 0 Å². The van der Waals surface area contributed by atoms with Crippen molar-refractivity contribution in [2.75, 3.05) is 26.2 Å². The normalized spacial score (nSPS) is 26.8. The third kappa shape index (κ3) is 3.93. The number of aliphatic hydroxyl groups excluding tert-OH is 1. The van der Waals surface area contributed by atoms with Crippen LogP contribution in [0.2, 0.25) is 0 Å². The Morgan fingerprint density at radius 3 is 2.44 bits per heavy atom. The molecule has 0 aliphatic carbocycles. The Kier molecular flexibility index (Phi) is 5.56. The van der Waals surface area contributed by atoms with Crippen LogP contribution >= 0.6 is 0 Å². The van der Waals surface area contributed by atoms with Crippen molar-refractivity contribution in [3.05, 3.63) is 0 Å². The van der Waals surface area contributed by atoms with Gasteiger partial charge in [0.1, 0.15) is 0 Å².